The van der Waals surface area contributed by atoms with E-state index in [2.05, 4.69) is 43.4 Å². The van der Waals surface area contributed by atoms with Gasteiger partial charge in [0.15, 0.2) is 0 Å². The number of hydrogen-bond acceptors (Lipinski definition) is 5. The lowest BCUT2D eigenvalue weighted by atomic mass is 9.91. The molecule has 3 fully saturated rings. The monoisotopic (exact) mass is 316 g/mol. The maximum absolute atomic E-state index is 9.43. The molecule has 6 heteroatoms. The highest BCUT2D eigenvalue weighted by Crippen LogP contribution is 2.31. The van der Waals surface area contributed by atoms with E-state index in [0.29, 0.717) is 17.6 Å². The average Bonchev–Trinajstić information content (AvgIpc) is 3.09. The molecule has 0 radical (unpaired) electrons. The molecule has 2 bridgehead atoms. The minimum absolute atomic E-state index is 0.570. The third-order valence-electron chi connectivity index (χ3n) is 4.99. The maximum Gasteiger partial charge on any atom is 0.137 e. The van der Waals surface area contributed by atoms with Gasteiger partial charge in [-0.25, -0.2) is 9.97 Å². The summed E-state index contributed by atoms with van der Waals surface area (Å²) in [5.41, 5.74) is 3.20. The number of piperidine rings is 1. The number of anilines is 1. The summed E-state index contributed by atoms with van der Waals surface area (Å²) in [4.78, 5) is 14.4. The number of nitrogens with one attached hydrogen (secondary N) is 2. The van der Waals surface area contributed by atoms with Crippen LogP contribution in [0.3, 0.4) is 0 Å². The van der Waals surface area contributed by atoms with Crippen LogP contribution in [0.25, 0.3) is 22.2 Å². The van der Waals surface area contributed by atoms with E-state index in [4.69, 9.17) is 0 Å². The van der Waals surface area contributed by atoms with Gasteiger partial charge in [0, 0.05) is 60.3 Å². The molecule has 2 N–H and O–H groups in total. The van der Waals surface area contributed by atoms with Gasteiger partial charge in [-0.3, -0.25) is 0 Å². The van der Waals surface area contributed by atoms with Gasteiger partial charge in [-0.05, 0) is 24.6 Å². The molecule has 0 aliphatic carbocycles. The quantitative estimate of drug-likeness (QED) is 0.756. The van der Waals surface area contributed by atoms with Crippen molar-refractivity contribution in [3.63, 3.8) is 0 Å². The van der Waals surface area contributed by atoms with E-state index in [0.717, 1.165) is 41.1 Å². The highest BCUT2D eigenvalue weighted by Gasteiger charge is 2.36. The van der Waals surface area contributed by atoms with E-state index in [-0.39, 0.29) is 0 Å². The summed E-state index contributed by atoms with van der Waals surface area (Å²) in [6, 6.07) is 9.52. The zero-order chi connectivity index (χ0) is 16.1. The van der Waals surface area contributed by atoms with E-state index in [1.165, 1.54) is 6.42 Å². The summed E-state index contributed by atoms with van der Waals surface area (Å²) < 4.78 is 0. The molecule has 6 rings (SSSR count). The van der Waals surface area contributed by atoms with Crippen LogP contribution < -0.4 is 10.2 Å². The number of piperazine rings is 1. The number of nitrogens with zero attached hydrogens (tertiary/aromatic N) is 4. The Morgan fingerprint density at radius 2 is 1.96 bits per heavy atom. The van der Waals surface area contributed by atoms with Crippen molar-refractivity contribution in [2.45, 2.75) is 18.5 Å². The lowest BCUT2D eigenvalue weighted by molar-refractivity contribution is 0.225. The molecule has 6 heterocycles. The number of nitriles is 1. The number of hydrogen-bond donors (Lipinski definition) is 2. The first-order valence-corrected chi connectivity index (χ1v) is 8.15. The fourth-order valence-electron chi connectivity index (χ4n) is 3.83. The summed E-state index contributed by atoms with van der Waals surface area (Å²) in [5, 5.41) is 13.9. The van der Waals surface area contributed by atoms with E-state index in [1.807, 2.05) is 18.5 Å². The van der Waals surface area contributed by atoms with Crippen molar-refractivity contribution >= 4 is 16.9 Å². The Balaban J connectivity index is 1.54. The van der Waals surface area contributed by atoms with Crippen LogP contribution in [0, 0.1) is 11.3 Å². The van der Waals surface area contributed by atoms with Crippen LogP contribution in [0.5, 0.6) is 0 Å². The van der Waals surface area contributed by atoms with E-state index in [1.54, 1.807) is 6.20 Å². The summed E-state index contributed by atoms with van der Waals surface area (Å²) >= 11 is 0. The van der Waals surface area contributed by atoms with Gasteiger partial charge in [0.25, 0.3) is 0 Å². The maximum atomic E-state index is 9.43. The third-order valence-corrected chi connectivity index (χ3v) is 4.99. The molecule has 24 heavy (non-hydrogen) atoms. The first-order chi connectivity index (χ1) is 11.8. The van der Waals surface area contributed by atoms with Crippen LogP contribution in [-0.2, 0) is 0 Å². The molecular weight excluding hydrogens is 300 g/mol. The fourth-order valence-corrected chi connectivity index (χ4v) is 3.83. The predicted molar refractivity (Wildman–Crippen MR) is 91.6 cm³/mol. The Kier molecular flexibility index (Phi) is 2.84. The largest absolute Gasteiger partial charge is 0.353 e. The smallest absolute Gasteiger partial charge is 0.137 e. The van der Waals surface area contributed by atoms with Crippen molar-refractivity contribution in [2.24, 2.45) is 0 Å². The molecule has 118 valence electrons. The van der Waals surface area contributed by atoms with Gasteiger partial charge in [0.2, 0.25) is 0 Å². The number of aromatic amines is 1. The molecule has 2 unspecified atom stereocenters. The van der Waals surface area contributed by atoms with Gasteiger partial charge in [0.1, 0.15) is 17.5 Å². The number of aromatic nitrogens is 3. The molecule has 3 saturated heterocycles. The van der Waals surface area contributed by atoms with Gasteiger partial charge < -0.3 is 15.2 Å². The number of fused-ring (bicyclic) bond motifs is 3. The number of H-pyrrole nitrogens is 1. The summed E-state index contributed by atoms with van der Waals surface area (Å²) in [6.45, 7) is 2.03. The van der Waals surface area contributed by atoms with Crippen LogP contribution in [0.15, 0.2) is 36.8 Å². The van der Waals surface area contributed by atoms with Gasteiger partial charge in [-0.2, -0.15) is 5.26 Å². The SMILES string of the molecule is N#Cc1cnc2[nH]ccc2c1-c1ccc(N2CC3CC(C2)N3)nc1. The normalized spacial score (nSPS) is 22.2. The number of pyridine rings is 2. The minimum Gasteiger partial charge on any atom is -0.353 e. The molecule has 2 atom stereocenters. The molecule has 3 aromatic heterocycles. The molecule has 3 aliphatic heterocycles. The van der Waals surface area contributed by atoms with Crippen molar-refractivity contribution in [1.29, 1.82) is 5.26 Å². The molecule has 0 saturated carbocycles. The van der Waals surface area contributed by atoms with E-state index in [9.17, 15) is 5.26 Å². The van der Waals surface area contributed by atoms with Crippen molar-refractivity contribution < 1.29 is 0 Å². The lowest BCUT2D eigenvalue weighted by Gasteiger charge is -2.48. The van der Waals surface area contributed by atoms with Crippen molar-refractivity contribution in [3.05, 3.63) is 42.4 Å². The highest BCUT2D eigenvalue weighted by molar-refractivity contribution is 5.95. The third kappa shape index (κ3) is 1.99. The second-order valence-corrected chi connectivity index (χ2v) is 6.50. The predicted octanol–water partition coefficient (Wildman–Crippen LogP) is 2.05. The summed E-state index contributed by atoms with van der Waals surface area (Å²) in [7, 11) is 0. The molecule has 3 aromatic rings. The Morgan fingerprint density at radius 3 is 2.67 bits per heavy atom. The molecule has 6 nitrogen and oxygen atoms in total. The van der Waals surface area contributed by atoms with Crippen LogP contribution >= 0.6 is 0 Å². The van der Waals surface area contributed by atoms with E-state index >= 15 is 0 Å². The minimum atomic E-state index is 0.570. The Bertz CT molecular complexity index is 936. The zero-order valence-corrected chi connectivity index (χ0v) is 13.0. The first kappa shape index (κ1) is 13.5. The second-order valence-electron chi connectivity index (χ2n) is 6.50. The highest BCUT2D eigenvalue weighted by atomic mass is 15.3. The first-order valence-electron chi connectivity index (χ1n) is 8.15. The van der Waals surface area contributed by atoms with Crippen molar-refractivity contribution in [3.8, 4) is 17.2 Å². The molecule has 0 aromatic carbocycles. The van der Waals surface area contributed by atoms with Crippen LogP contribution in [0.4, 0.5) is 5.82 Å². The van der Waals surface area contributed by atoms with Gasteiger partial charge >= 0.3 is 0 Å². The van der Waals surface area contributed by atoms with Gasteiger partial charge in [-0.15, -0.1) is 0 Å². The Hall–Kier alpha value is -2.91. The van der Waals surface area contributed by atoms with Crippen LogP contribution in [0.1, 0.15) is 12.0 Å². The molecule has 3 aliphatic rings. The average molecular weight is 316 g/mol. The number of rotatable bonds is 2. The molecule has 0 spiro atoms. The van der Waals surface area contributed by atoms with Crippen LogP contribution in [0.2, 0.25) is 0 Å². The standard InChI is InChI=1S/C18H16N6/c19-6-12-8-22-18-15(3-4-20-18)17(12)11-1-2-16(21-7-11)24-9-13-5-14(10-24)23-13/h1-4,7-8,13-14,23H,5,9-10H2,(H,20,22). The Labute approximate surface area is 139 Å². The second kappa shape index (κ2) is 5.05. The van der Waals surface area contributed by atoms with Crippen molar-refractivity contribution in [2.75, 3.05) is 18.0 Å². The zero-order valence-electron chi connectivity index (χ0n) is 13.0. The summed E-state index contributed by atoms with van der Waals surface area (Å²) in [6.07, 6.45) is 6.61. The fraction of sp³-hybridized carbons (Fsp3) is 0.278. The van der Waals surface area contributed by atoms with E-state index < -0.39 is 0 Å². The molecule has 0 amide bonds. The van der Waals surface area contributed by atoms with Gasteiger partial charge in [-0.1, -0.05) is 0 Å². The lowest BCUT2D eigenvalue weighted by Crippen LogP contribution is -2.67. The Morgan fingerprint density at radius 1 is 1.12 bits per heavy atom. The van der Waals surface area contributed by atoms with Crippen molar-refractivity contribution in [1.82, 2.24) is 20.3 Å². The topological polar surface area (TPSA) is 80.6 Å². The van der Waals surface area contributed by atoms with Crippen LogP contribution in [-0.4, -0.2) is 40.1 Å². The van der Waals surface area contributed by atoms with Gasteiger partial charge in [0.05, 0.1) is 5.56 Å². The molecular formula is C18H16N6. The summed E-state index contributed by atoms with van der Waals surface area (Å²) in [5.74, 6) is 1.01.